The van der Waals surface area contributed by atoms with Crippen LogP contribution in [0.5, 0.6) is 0 Å². The van der Waals surface area contributed by atoms with Crippen LogP contribution in [0.4, 0.5) is 0 Å². The lowest BCUT2D eigenvalue weighted by molar-refractivity contribution is 0.318. The maximum atomic E-state index is 11.8. The maximum absolute atomic E-state index is 11.8. The molecule has 0 aliphatic rings. The van der Waals surface area contributed by atoms with Crippen LogP contribution in [0.3, 0.4) is 0 Å². The molecule has 26 heavy (non-hydrogen) atoms. The molecule has 0 fully saturated rings. The highest BCUT2D eigenvalue weighted by Gasteiger charge is 2.21. The minimum absolute atomic E-state index is 0.362. The summed E-state index contributed by atoms with van der Waals surface area (Å²) in [5.74, 6) is 0.493. The predicted octanol–water partition coefficient (Wildman–Crippen LogP) is 4.69. The minimum atomic E-state index is -0.386. The zero-order chi connectivity index (χ0) is 18.4. The Balaban J connectivity index is 2.06. The average molecular weight is 347 g/mol. The summed E-state index contributed by atoms with van der Waals surface area (Å²) >= 11 is 0. The van der Waals surface area contributed by atoms with Crippen LogP contribution in [-0.4, -0.2) is 10.9 Å². The molecule has 0 radical (unpaired) electrons. The van der Waals surface area contributed by atoms with Gasteiger partial charge in [-0.2, -0.15) is 0 Å². The van der Waals surface area contributed by atoms with Crippen molar-refractivity contribution in [1.82, 2.24) is 0 Å². The number of hydrogen-bond acceptors (Lipinski definition) is 5. The van der Waals surface area contributed by atoms with Crippen molar-refractivity contribution in [2.24, 2.45) is 5.16 Å². The van der Waals surface area contributed by atoms with Gasteiger partial charge in [0.15, 0.2) is 11.5 Å². The van der Waals surface area contributed by atoms with Gasteiger partial charge in [-0.05, 0) is 32.4 Å². The Morgan fingerprint density at radius 3 is 2.31 bits per heavy atom. The van der Waals surface area contributed by atoms with E-state index in [4.69, 9.17) is 8.83 Å². The number of oxime groups is 1. The fourth-order valence-electron chi connectivity index (χ4n) is 3.36. The number of rotatable bonds is 2. The molecule has 5 nitrogen and oxygen atoms in total. The quantitative estimate of drug-likeness (QED) is 0.247. The van der Waals surface area contributed by atoms with E-state index in [1.165, 1.54) is 6.07 Å². The second-order valence-electron chi connectivity index (χ2n) is 6.37. The highest BCUT2D eigenvalue weighted by atomic mass is 16.4. The SMILES string of the molecule is Cc1cc(=O)oc2c(C)c3oc(C(=NO)c4ccccc4)c(C)c3cc12. The number of benzene rings is 2. The molecule has 0 aliphatic carbocycles. The Hall–Kier alpha value is -3.34. The van der Waals surface area contributed by atoms with Gasteiger partial charge in [-0.1, -0.05) is 35.5 Å². The molecule has 2 aromatic heterocycles. The molecule has 0 saturated carbocycles. The highest BCUT2D eigenvalue weighted by molar-refractivity contribution is 6.14. The van der Waals surface area contributed by atoms with Crippen molar-refractivity contribution in [3.63, 3.8) is 0 Å². The third-order valence-electron chi connectivity index (χ3n) is 4.73. The van der Waals surface area contributed by atoms with Crippen molar-refractivity contribution in [3.8, 4) is 0 Å². The van der Waals surface area contributed by atoms with Crippen molar-refractivity contribution in [3.05, 3.63) is 80.9 Å². The van der Waals surface area contributed by atoms with Crippen LogP contribution in [0.1, 0.15) is 28.0 Å². The molecule has 0 spiro atoms. The lowest BCUT2D eigenvalue weighted by Crippen LogP contribution is -2.03. The monoisotopic (exact) mass is 347 g/mol. The van der Waals surface area contributed by atoms with Gasteiger partial charge in [-0.3, -0.25) is 0 Å². The van der Waals surface area contributed by atoms with Crippen molar-refractivity contribution >= 4 is 27.7 Å². The zero-order valence-corrected chi connectivity index (χ0v) is 14.7. The fourth-order valence-corrected chi connectivity index (χ4v) is 3.36. The molecule has 0 aliphatic heterocycles. The van der Waals surface area contributed by atoms with Crippen LogP contribution in [0.25, 0.3) is 21.9 Å². The van der Waals surface area contributed by atoms with E-state index >= 15 is 0 Å². The van der Waals surface area contributed by atoms with Crippen LogP contribution < -0.4 is 5.63 Å². The van der Waals surface area contributed by atoms with Crippen LogP contribution in [0.15, 0.2) is 61.2 Å². The molecule has 4 rings (SSSR count). The Morgan fingerprint density at radius 2 is 1.62 bits per heavy atom. The molecule has 0 bridgehead atoms. The molecule has 5 heteroatoms. The van der Waals surface area contributed by atoms with Crippen molar-refractivity contribution in [2.75, 3.05) is 0 Å². The second kappa shape index (κ2) is 5.88. The topological polar surface area (TPSA) is 75.9 Å². The predicted molar refractivity (Wildman–Crippen MR) is 100 cm³/mol. The van der Waals surface area contributed by atoms with E-state index in [0.29, 0.717) is 22.6 Å². The fraction of sp³-hybridized carbons (Fsp3) is 0.143. The standard InChI is InChI=1S/C21H17NO4/c1-11-9-17(23)25-19-13(3)20-16(10-15(11)19)12(2)21(26-20)18(22-24)14-7-5-4-6-8-14/h4-10,24H,1-3H3. The maximum Gasteiger partial charge on any atom is 0.336 e. The summed E-state index contributed by atoms with van der Waals surface area (Å²) in [6, 6.07) is 12.8. The van der Waals surface area contributed by atoms with E-state index in [1.807, 2.05) is 57.2 Å². The van der Waals surface area contributed by atoms with Crippen molar-refractivity contribution in [1.29, 1.82) is 0 Å². The minimum Gasteiger partial charge on any atom is -0.454 e. The normalized spacial score (nSPS) is 12.2. The van der Waals surface area contributed by atoms with Gasteiger partial charge in [0.25, 0.3) is 0 Å². The Bertz CT molecular complexity index is 1230. The summed E-state index contributed by atoms with van der Waals surface area (Å²) in [7, 11) is 0. The number of fused-ring (bicyclic) bond motifs is 2. The summed E-state index contributed by atoms with van der Waals surface area (Å²) < 4.78 is 11.5. The van der Waals surface area contributed by atoms with Gasteiger partial charge in [0.05, 0.1) is 0 Å². The van der Waals surface area contributed by atoms with Gasteiger partial charge in [0.1, 0.15) is 11.2 Å². The number of aryl methyl sites for hydroxylation is 3. The van der Waals surface area contributed by atoms with E-state index in [-0.39, 0.29) is 5.63 Å². The van der Waals surface area contributed by atoms with E-state index in [1.54, 1.807) is 0 Å². The number of furan rings is 1. The first kappa shape index (κ1) is 16.1. The Morgan fingerprint density at radius 1 is 0.923 bits per heavy atom. The Kier molecular flexibility index (Phi) is 3.65. The van der Waals surface area contributed by atoms with Crippen LogP contribution in [0.2, 0.25) is 0 Å². The molecule has 2 aromatic carbocycles. The smallest absolute Gasteiger partial charge is 0.336 e. The third-order valence-corrected chi connectivity index (χ3v) is 4.73. The van der Waals surface area contributed by atoms with Crippen LogP contribution in [0, 0.1) is 20.8 Å². The lowest BCUT2D eigenvalue weighted by atomic mass is 10.0. The van der Waals surface area contributed by atoms with E-state index in [9.17, 15) is 10.0 Å². The molecule has 0 atom stereocenters. The van der Waals surface area contributed by atoms with Gasteiger partial charge in [0.2, 0.25) is 0 Å². The Labute approximate surface area is 149 Å². The highest BCUT2D eigenvalue weighted by Crippen LogP contribution is 2.35. The molecule has 2 heterocycles. The molecule has 0 unspecified atom stereocenters. The lowest BCUT2D eigenvalue weighted by Gasteiger charge is -2.04. The van der Waals surface area contributed by atoms with E-state index < -0.39 is 0 Å². The molecule has 0 amide bonds. The third kappa shape index (κ3) is 2.32. The first-order valence-corrected chi connectivity index (χ1v) is 8.26. The first-order valence-electron chi connectivity index (χ1n) is 8.26. The van der Waals surface area contributed by atoms with Gasteiger partial charge in [-0.15, -0.1) is 0 Å². The van der Waals surface area contributed by atoms with Crippen LogP contribution >= 0.6 is 0 Å². The average Bonchev–Trinajstić information content (AvgIpc) is 2.95. The first-order chi connectivity index (χ1) is 12.5. The summed E-state index contributed by atoms with van der Waals surface area (Å²) in [6.07, 6.45) is 0. The summed E-state index contributed by atoms with van der Waals surface area (Å²) in [4.78, 5) is 11.8. The molecule has 130 valence electrons. The molecular weight excluding hydrogens is 330 g/mol. The number of nitrogens with zero attached hydrogens (tertiary/aromatic N) is 1. The van der Waals surface area contributed by atoms with Crippen molar-refractivity contribution < 1.29 is 14.0 Å². The van der Waals surface area contributed by atoms with E-state index in [0.717, 1.165) is 33.0 Å². The molecule has 1 N–H and O–H groups in total. The summed E-state index contributed by atoms with van der Waals surface area (Å²) in [6.45, 7) is 5.67. The van der Waals surface area contributed by atoms with Gasteiger partial charge in [0, 0.05) is 33.5 Å². The molecule has 0 saturated heterocycles. The van der Waals surface area contributed by atoms with Crippen molar-refractivity contribution in [2.45, 2.75) is 20.8 Å². The zero-order valence-electron chi connectivity index (χ0n) is 14.7. The second-order valence-corrected chi connectivity index (χ2v) is 6.37. The van der Waals surface area contributed by atoms with Gasteiger partial charge >= 0.3 is 5.63 Å². The summed E-state index contributed by atoms with van der Waals surface area (Å²) in [5.41, 5.74) is 4.33. The van der Waals surface area contributed by atoms with Gasteiger partial charge < -0.3 is 14.0 Å². The van der Waals surface area contributed by atoms with E-state index in [2.05, 4.69) is 5.16 Å². The van der Waals surface area contributed by atoms with Gasteiger partial charge in [-0.25, -0.2) is 4.79 Å². The summed E-state index contributed by atoms with van der Waals surface area (Å²) in [5, 5.41) is 14.8. The largest absolute Gasteiger partial charge is 0.454 e. The van der Waals surface area contributed by atoms with Crippen LogP contribution in [-0.2, 0) is 0 Å². The molecular formula is C21H17NO4. The number of hydrogen-bond donors (Lipinski definition) is 1. The molecule has 4 aromatic rings.